The molecule has 2 heterocycles. The largest absolute Gasteiger partial charge is 0.384 e. The molecule has 36 heavy (non-hydrogen) atoms. The molecule has 3 aromatic rings. The molecule has 0 saturated carbocycles. The first kappa shape index (κ1) is 24.0. The third-order valence-corrected chi connectivity index (χ3v) is 8.19. The summed E-state index contributed by atoms with van der Waals surface area (Å²) in [5.74, 6) is -0.139. The standard InChI is InChI=1S/C26H23N5O3S2/c1-3-27-19-14-13-18(31(33)34)15-20(19)28-26-30(16-17-9-5-4-6-10-17)24(32)23(36-26)25-29(2)21-11-7-8-12-22(21)35-25/h4-15,27H,3,16H2,1-2H3. The molecule has 182 valence electrons. The van der Waals surface area contributed by atoms with Crippen molar-refractivity contribution in [3.63, 3.8) is 0 Å². The average Bonchev–Trinajstić information content (AvgIpc) is 3.37. The number of nitrogens with one attached hydrogen (secondary N) is 1. The Labute approximate surface area is 217 Å². The highest BCUT2D eigenvalue weighted by atomic mass is 32.2. The Kier molecular flexibility index (Phi) is 6.71. The summed E-state index contributed by atoms with van der Waals surface area (Å²) < 4.78 is 0. The molecule has 0 aromatic heterocycles. The Morgan fingerprint density at radius 2 is 1.78 bits per heavy atom. The van der Waals surface area contributed by atoms with Gasteiger partial charge in [0.05, 0.1) is 33.6 Å². The first-order valence-corrected chi connectivity index (χ1v) is 13.0. The number of non-ortho nitro benzene ring substituents is 1. The lowest BCUT2D eigenvalue weighted by Gasteiger charge is -2.17. The number of carbonyl (C=O) groups excluding carboxylic acids is 1. The van der Waals surface area contributed by atoms with Crippen molar-refractivity contribution in [2.75, 3.05) is 23.8 Å². The highest BCUT2D eigenvalue weighted by molar-refractivity contribution is 8.19. The van der Waals surface area contributed by atoms with Gasteiger partial charge in [-0.1, -0.05) is 54.2 Å². The Morgan fingerprint density at radius 3 is 2.50 bits per heavy atom. The first-order chi connectivity index (χ1) is 17.5. The topological polar surface area (TPSA) is 91.1 Å². The average molecular weight is 518 g/mol. The number of hydrogen-bond donors (Lipinski definition) is 1. The summed E-state index contributed by atoms with van der Waals surface area (Å²) in [4.78, 5) is 34.9. The number of anilines is 2. The van der Waals surface area contributed by atoms with Crippen LogP contribution >= 0.6 is 23.5 Å². The van der Waals surface area contributed by atoms with Gasteiger partial charge in [0, 0.05) is 30.6 Å². The summed E-state index contributed by atoms with van der Waals surface area (Å²) in [5.41, 5.74) is 3.05. The third-order valence-electron chi connectivity index (χ3n) is 5.75. The molecule has 1 saturated heterocycles. The van der Waals surface area contributed by atoms with Gasteiger partial charge in [0.1, 0.15) is 4.91 Å². The van der Waals surface area contributed by atoms with E-state index < -0.39 is 4.92 Å². The smallest absolute Gasteiger partial charge is 0.271 e. The first-order valence-electron chi connectivity index (χ1n) is 11.4. The zero-order valence-electron chi connectivity index (χ0n) is 19.7. The fraction of sp³-hybridized carbons (Fsp3) is 0.154. The van der Waals surface area contributed by atoms with Crippen LogP contribution in [0.5, 0.6) is 0 Å². The van der Waals surface area contributed by atoms with Crippen LogP contribution in [0.4, 0.5) is 22.7 Å². The molecule has 5 rings (SSSR count). The lowest BCUT2D eigenvalue weighted by atomic mass is 10.2. The maximum Gasteiger partial charge on any atom is 0.271 e. The van der Waals surface area contributed by atoms with Gasteiger partial charge < -0.3 is 10.2 Å². The molecule has 0 spiro atoms. The molecule has 1 amide bonds. The van der Waals surface area contributed by atoms with Crippen molar-refractivity contribution in [3.8, 4) is 0 Å². The van der Waals surface area contributed by atoms with E-state index in [4.69, 9.17) is 4.99 Å². The number of thioether (sulfide) groups is 2. The number of amides is 1. The van der Waals surface area contributed by atoms with Crippen LogP contribution in [0.15, 0.2) is 92.6 Å². The van der Waals surface area contributed by atoms with Crippen LogP contribution in [0.1, 0.15) is 12.5 Å². The fourth-order valence-corrected chi connectivity index (χ4v) is 6.33. The molecule has 1 N–H and O–H groups in total. The van der Waals surface area contributed by atoms with E-state index in [9.17, 15) is 14.9 Å². The maximum atomic E-state index is 13.8. The molecule has 10 heteroatoms. The number of para-hydroxylation sites is 1. The molecule has 0 bridgehead atoms. The van der Waals surface area contributed by atoms with E-state index in [1.807, 2.05) is 73.5 Å². The second-order valence-corrected chi connectivity index (χ2v) is 10.1. The van der Waals surface area contributed by atoms with E-state index >= 15 is 0 Å². The fourth-order valence-electron chi connectivity index (χ4n) is 3.99. The second-order valence-electron chi connectivity index (χ2n) is 8.13. The van der Waals surface area contributed by atoms with Gasteiger partial charge in [0.25, 0.3) is 11.6 Å². The van der Waals surface area contributed by atoms with E-state index in [0.717, 1.165) is 21.2 Å². The van der Waals surface area contributed by atoms with Gasteiger partial charge in [-0.2, -0.15) is 0 Å². The molecule has 0 atom stereocenters. The third kappa shape index (κ3) is 4.57. The van der Waals surface area contributed by atoms with Crippen molar-refractivity contribution >= 4 is 57.3 Å². The normalized spacial score (nSPS) is 18.2. The molecule has 2 aliphatic heterocycles. The molecule has 0 unspecified atom stereocenters. The van der Waals surface area contributed by atoms with Crippen molar-refractivity contribution in [2.24, 2.45) is 4.99 Å². The minimum atomic E-state index is -0.442. The van der Waals surface area contributed by atoms with Crippen LogP contribution in [-0.4, -0.2) is 34.5 Å². The molecular weight excluding hydrogens is 494 g/mol. The Hall–Kier alpha value is -3.76. The number of nitrogens with zero attached hydrogens (tertiary/aromatic N) is 4. The van der Waals surface area contributed by atoms with Crippen molar-refractivity contribution in [1.29, 1.82) is 0 Å². The van der Waals surface area contributed by atoms with Crippen molar-refractivity contribution < 1.29 is 9.72 Å². The SMILES string of the molecule is CCNc1ccc([N+](=O)[O-])cc1N=C1SC(=C2Sc3ccccc3N2C)C(=O)N1Cc1ccccc1. The summed E-state index contributed by atoms with van der Waals surface area (Å²) >= 11 is 2.86. The summed E-state index contributed by atoms with van der Waals surface area (Å²) in [6, 6.07) is 22.3. The lowest BCUT2D eigenvalue weighted by Crippen LogP contribution is -2.29. The van der Waals surface area contributed by atoms with Crippen molar-refractivity contribution in [3.05, 3.63) is 98.4 Å². The minimum Gasteiger partial charge on any atom is -0.384 e. The predicted molar refractivity (Wildman–Crippen MR) is 147 cm³/mol. The maximum absolute atomic E-state index is 13.8. The number of amidine groups is 1. The minimum absolute atomic E-state index is 0.0555. The second kappa shape index (κ2) is 10.1. The van der Waals surface area contributed by atoms with Gasteiger partial charge in [-0.3, -0.25) is 19.8 Å². The van der Waals surface area contributed by atoms with Crippen LogP contribution in [0.25, 0.3) is 0 Å². The number of nitro groups is 1. The van der Waals surface area contributed by atoms with Crippen LogP contribution in [0, 0.1) is 10.1 Å². The van der Waals surface area contributed by atoms with Gasteiger partial charge in [-0.25, -0.2) is 4.99 Å². The Balaban J connectivity index is 1.60. The lowest BCUT2D eigenvalue weighted by molar-refractivity contribution is -0.384. The summed E-state index contributed by atoms with van der Waals surface area (Å²) in [5, 5.41) is 16.0. The van der Waals surface area contributed by atoms with Crippen molar-refractivity contribution in [2.45, 2.75) is 18.4 Å². The zero-order chi connectivity index (χ0) is 25.2. The molecule has 0 aliphatic carbocycles. The number of benzene rings is 3. The van der Waals surface area contributed by atoms with Crippen molar-refractivity contribution in [1.82, 2.24) is 4.90 Å². The predicted octanol–water partition coefficient (Wildman–Crippen LogP) is 6.20. The highest BCUT2D eigenvalue weighted by Gasteiger charge is 2.39. The number of aliphatic imine (C=N–C) groups is 1. The van der Waals surface area contributed by atoms with E-state index in [2.05, 4.69) is 5.32 Å². The van der Waals surface area contributed by atoms with Gasteiger partial charge >= 0.3 is 0 Å². The summed E-state index contributed by atoms with van der Waals surface area (Å²) in [7, 11) is 1.95. The molecule has 8 nitrogen and oxygen atoms in total. The Morgan fingerprint density at radius 1 is 1.03 bits per heavy atom. The zero-order valence-corrected chi connectivity index (χ0v) is 21.3. The monoisotopic (exact) mass is 517 g/mol. The molecule has 2 aliphatic rings. The van der Waals surface area contributed by atoms with Gasteiger partial charge in [0.2, 0.25) is 0 Å². The summed E-state index contributed by atoms with van der Waals surface area (Å²) in [6.45, 7) is 2.92. The molecule has 0 radical (unpaired) electrons. The van der Waals surface area contributed by atoms with Gasteiger partial charge in [0.15, 0.2) is 5.17 Å². The highest BCUT2D eigenvalue weighted by Crippen LogP contribution is 2.50. The number of fused-ring (bicyclic) bond motifs is 1. The summed E-state index contributed by atoms with van der Waals surface area (Å²) in [6.07, 6.45) is 0. The number of carbonyl (C=O) groups is 1. The quantitative estimate of drug-likeness (QED) is 0.236. The number of hydrogen-bond acceptors (Lipinski definition) is 8. The van der Waals surface area contributed by atoms with Gasteiger partial charge in [-0.05, 0) is 42.4 Å². The van der Waals surface area contributed by atoms with Crippen LogP contribution < -0.4 is 10.2 Å². The van der Waals surface area contributed by atoms with E-state index in [1.54, 1.807) is 22.7 Å². The Bertz CT molecular complexity index is 1410. The van der Waals surface area contributed by atoms with Crippen LogP contribution in [-0.2, 0) is 11.3 Å². The molecule has 1 fully saturated rings. The van der Waals surface area contributed by atoms with Crippen LogP contribution in [0.2, 0.25) is 0 Å². The number of rotatable bonds is 6. The van der Waals surface area contributed by atoms with E-state index in [1.165, 1.54) is 23.9 Å². The molecular formula is C26H23N5O3S2. The molecule has 3 aromatic carbocycles. The van der Waals surface area contributed by atoms with Gasteiger partial charge in [-0.15, -0.1) is 0 Å². The van der Waals surface area contributed by atoms with Crippen LogP contribution in [0.3, 0.4) is 0 Å². The van der Waals surface area contributed by atoms with E-state index in [0.29, 0.717) is 34.5 Å². The number of nitro benzene ring substituents is 1. The van der Waals surface area contributed by atoms with E-state index in [-0.39, 0.29) is 11.6 Å².